The average molecular weight is 154 g/mol. The van der Waals surface area contributed by atoms with Gasteiger partial charge in [0.25, 0.3) is 0 Å². The van der Waals surface area contributed by atoms with Gasteiger partial charge in [0.15, 0.2) is 0 Å². The zero-order valence-corrected chi connectivity index (χ0v) is 8.27. The largest absolute Gasteiger partial charge is 0.0651 e. The molecular weight excluding hydrogens is 132 g/mol. The van der Waals surface area contributed by atoms with Crippen molar-refractivity contribution in [2.75, 3.05) is 0 Å². The van der Waals surface area contributed by atoms with Crippen LogP contribution in [0.15, 0.2) is 0 Å². The van der Waals surface area contributed by atoms with Crippen LogP contribution in [-0.4, -0.2) is 0 Å². The van der Waals surface area contributed by atoms with Crippen LogP contribution < -0.4 is 0 Å². The van der Waals surface area contributed by atoms with Gasteiger partial charge in [-0.2, -0.15) is 0 Å². The van der Waals surface area contributed by atoms with Gasteiger partial charge in [0, 0.05) is 0 Å². The predicted molar refractivity (Wildman–Crippen MR) is 50.6 cm³/mol. The summed E-state index contributed by atoms with van der Waals surface area (Å²) in [4.78, 5) is 0. The van der Waals surface area contributed by atoms with Gasteiger partial charge in [-0.25, -0.2) is 0 Å². The molecule has 0 radical (unpaired) electrons. The molecule has 1 aliphatic carbocycles. The summed E-state index contributed by atoms with van der Waals surface area (Å²) < 4.78 is 0. The summed E-state index contributed by atoms with van der Waals surface area (Å²) in [6.45, 7) is 7.15. The van der Waals surface area contributed by atoms with Crippen LogP contribution in [0.1, 0.15) is 52.9 Å². The van der Waals surface area contributed by atoms with Crippen molar-refractivity contribution in [3.63, 3.8) is 0 Å². The smallest absolute Gasteiger partial charge is 0.0363 e. The van der Waals surface area contributed by atoms with Crippen LogP contribution in [0.3, 0.4) is 0 Å². The molecule has 3 unspecified atom stereocenters. The minimum absolute atomic E-state index is 0.999. The first-order chi connectivity index (χ1) is 5.29. The van der Waals surface area contributed by atoms with E-state index in [-0.39, 0.29) is 0 Å². The molecule has 0 saturated heterocycles. The Morgan fingerprint density at radius 1 is 1.09 bits per heavy atom. The maximum Gasteiger partial charge on any atom is -0.0363 e. The second kappa shape index (κ2) is 4.13. The molecule has 1 fully saturated rings. The summed E-state index contributed by atoms with van der Waals surface area (Å²) in [6, 6.07) is 0. The molecule has 0 N–H and O–H groups in total. The topological polar surface area (TPSA) is 0 Å². The molecular formula is C11H22. The molecule has 0 aromatic rings. The van der Waals surface area contributed by atoms with Crippen molar-refractivity contribution in [2.24, 2.45) is 17.8 Å². The van der Waals surface area contributed by atoms with E-state index in [1.165, 1.54) is 32.1 Å². The molecule has 1 saturated carbocycles. The number of hydrogen-bond acceptors (Lipinski definition) is 0. The molecule has 0 bridgehead atoms. The van der Waals surface area contributed by atoms with E-state index in [1.807, 2.05) is 0 Å². The fourth-order valence-corrected chi connectivity index (χ4v) is 2.84. The first-order valence-corrected chi connectivity index (χ1v) is 5.29. The molecule has 0 spiro atoms. The summed E-state index contributed by atoms with van der Waals surface area (Å²) >= 11 is 0. The molecule has 0 aromatic carbocycles. The highest BCUT2D eigenvalue weighted by Crippen LogP contribution is 2.38. The van der Waals surface area contributed by atoms with Crippen LogP contribution >= 0.6 is 0 Å². The Kier molecular flexibility index (Phi) is 3.42. The molecule has 0 heterocycles. The third kappa shape index (κ3) is 1.98. The van der Waals surface area contributed by atoms with E-state index in [2.05, 4.69) is 20.8 Å². The van der Waals surface area contributed by atoms with E-state index in [0.717, 1.165) is 17.8 Å². The Labute approximate surface area is 71.4 Å². The molecule has 66 valence electrons. The Balaban J connectivity index is 2.48. The van der Waals surface area contributed by atoms with E-state index in [0.29, 0.717) is 0 Å². The lowest BCUT2D eigenvalue weighted by Gasteiger charge is -2.35. The van der Waals surface area contributed by atoms with E-state index in [9.17, 15) is 0 Å². The summed E-state index contributed by atoms with van der Waals surface area (Å²) in [5.74, 6) is 3.08. The van der Waals surface area contributed by atoms with Crippen LogP contribution in [0, 0.1) is 17.8 Å². The van der Waals surface area contributed by atoms with Crippen LogP contribution in [0.25, 0.3) is 0 Å². The Bertz CT molecular complexity index is 107. The van der Waals surface area contributed by atoms with Crippen molar-refractivity contribution in [3.8, 4) is 0 Å². The lowest BCUT2D eigenvalue weighted by atomic mass is 9.71. The molecule has 3 atom stereocenters. The number of hydrogen-bond donors (Lipinski definition) is 0. The number of rotatable bonds is 2. The zero-order valence-electron chi connectivity index (χ0n) is 8.27. The summed E-state index contributed by atoms with van der Waals surface area (Å²) in [6.07, 6.45) is 7.27. The second-order valence-electron chi connectivity index (χ2n) is 4.15. The van der Waals surface area contributed by atoms with Crippen LogP contribution in [0.5, 0.6) is 0 Å². The Morgan fingerprint density at radius 3 is 2.27 bits per heavy atom. The van der Waals surface area contributed by atoms with Crippen LogP contribution in [0.4, 0.5) is 0 Å². The monoisotopic (exact) mass is 154 g/mol. The lowest BCUT2D eigenvalue weighted by molar-refractivity contribution is 0.155. The highest BCUT2D eigenvalue weighted by atomic mass is 14.3. The van der Waals surface area contributed by atoms with E-state index >= 15 is 0 Å². The predicted octanol–water partition coefficient (Wildman–Crippen LogP) is 3.86. The maximum absolute atomic E-state index is 2.44. The average Bonchev–Trinajstić information content (AvgIpc) is 2.04. The van der Waals surface area contributed by atoms with Crippen LogP contribution in [0.2, 0.25) is 0 Å². The van der Waals surface area contributed by atoms with Crippen molar-refractivity contribution in [1.82, 2.24) is 0 Å². The Hall–Kier alpha value is 0. The van der Waals surface area contributed by atoms with Crippen molar-refractivity contribution >= 4 is 0 Å². The molecule has 0 nitrogen and oxygen atoms in total. The summed E-state index contributed by atoms with van der Waals surface area (Å²) in [5.41, 5.74) is 0. The van der Waals surface area contributed by atoms with Crippen molar-refractivity contribution in [2.45, 2.75) is 52.9 Å². The van der Waals surface area contributed by atoms with Crippen molar-refractivity contribution < 1.29 is 0 Å². The van der Waals surface area contributed by atoms with Gasteiger partial charge in [-0.15, -0.1) is 0 Å². The minimum Gasteiger partial charge on any atom is -0.0651 e. The van der Waals surface area contributed by atoms with Gasteiger partial charge in [-0.3, -0.25) is 0 Å². The third-order valence-corrected chi connectivity index (χ3v) is 3.57. The molecule has 0 aliphatic heterocycles. The summed E-state index contributed by atoms with van der Waals surface area (Å²) in [5, 5.41) is 0. The van der Waals surface area contributed by atoms with Gasteiger partial charge in [-0.1, -0.05) is 52.9 Å². The first-order valence-electron chi connectivity index (χ1n) is 5.29. The van der Waals surface area contributed by atoms with Gasteiger partial charge >= 0.3 is 0 Å². The standard InChI is InChI=1S/C11H22/c1-4-10-8-6-7-9(3)11(10)5-2/h9-11H,4-8H2,1-3H3. The first kappa shape index (κ1) is 9.09. The van der Waals surface area contributed by atoms with E-state index in [1.54, 1.807) is 0 Å². The maximum atomic E-state index is 2.44. The van der Waals surface area contributed by atoms with Crippen molar-refractivity contribution in [1.29, 1.82) is 0 Å². The molecule has 1 aliphatic rings. The minimum atomic E-state index is 0.999. The van der Waals surface area contributed by atoms with Gasteiger partial charge in [0.05, 0.1) is 0 Å². The fraction of sp³-hybridized carbons (Fsp3) is 1.00. The fourth-order valence-electron chi connectivity index (χ4n) is 2.84. The highest BCUT2D eigenvalue weighted by molar-refractivity contribution is 4.78. The SMILES string of the molecule is CCC1CCCC(C)C1CC. The zero-order chi connectivity index (χ0) is 8.27. The van der Waals surface area contributed by atoms with Gasteiger partial charge < -0.3 is 0 Å². The van der Waals surface area contributed by atoms with E-state index < -0.39 is 0 Å². The molecule has 0 heteroatoms. The van der Waals surface area contributed by atoms with E-state index in [4.69, 9.17) is 0 Å². The molecule has 0 amide bonds. The molecule has 0 aromatic heterocycles. The van der Waals surface area contributed by atoms with Crippen molar-refractivity contribution in [3.05, 3.63) is 0 Å². The molecule has 11 heavy (non-hydrogen) atoms. The normalized spacial score (nSPS) is 39.0. The molecule has 1 rings (SSSR count). The van der Waals surface area contributed by atoms with Crippen LogP contribution in [-0.2, 0) is 0 Å². The van der Waals surface area contributed by atoms with Gasteiger partial charge in [0.1, 0.15) is 0 Å². The lowest BCUT2D eigenvalue weighted by Crippen LogP contribution is -2.25. The Morgan fingerprint density at radius 2 is 1.82 bits per heavy atom. The highest BCUT2D eigenvalue weighted by Gasteiger charge is 2.27. The van der Waals surface area contributed by atoms with Gasteiger partial charge in [-0.05, 0) is 17.8 Å². The van der Waals surface area contributed by atoms with Gasteiger partial charge in [0.2, 0.25) is 0 Å². The summed E-state index contributed by atoms with van der Waals surface area (Å²) in [7, 11) is 0. The third-order valence-electron chi connectivity index (χ3n) is 3.57. The quantitative estimate of drug-likeness (QED) is 0.566. The second-order valence-corrected chi connectivity index (χ2v) is 4.15.